The summed E-state index contributed by atoms with van der Waals surface area (Å²) in [6.07, 6.45) is 3.86. The van der Waals surface area contributed by atoms with E-state index < -0.39 is 0 Å². The van der Waals surface area contributed by atoms with Crippen LogP contribution in [0.5, 0.6) is 5.75 Å². The van der Waals surface area contributed by atoms with E-state index in [1.54, 1.807) is 7.11 Å². The van der Waals surface area contributed by atoms with Crippen molar-refractivity contribution in [3.05, 3.63) is 42.0 Å². The Kier molecular flexibility index (Phi) is 2.80. The van der Waals surface area contributed by atoms with Gasteiger partial charge < -0.3 is 14.6 Å². The maximum Gasteiger partial charge on any atom is 0.119 e. The Balaban J connectivity index is 2.01. The summed E-state index contributed by atoms with van der Waals surface area (Å²) in [5.74, 6) is 1.47. The lowest BCUT2D eigenvalue weighted by atomic mass is 9.99. The molecule has 0 radical (unpaired) electrons. The van der Waals surface area contributed by atoms with E-state index >= 15 is 0 Å². The molecule has 2 heterocycles. The van der Waals surface area contributed by atoms with E-state index in [2.05, 4.69) is 33.9 Å². The number of imidazole rings is 1. The summed E-state index contributed by atoms with van der Waals surface area (Å²) in [7, 11) is 1.69. The Morgan fingerprint density at radius 1 is 1.39 bits per heavy atom. The number of ether oxygens (including phenoxy) is 1. The van der Waals surface area contributed by atoms with Crippen LogP contribution < -0.4 is 10.1 Å². The third-order valence-electron chi connectivity index (χ3n) is 3.53. The van der Waals surface area contributed by atoms with Crippen LogP contribution in [-0.4, -0.2) is 29.8 Å². The van der Waals surface area contributed by atoms with Crippen molar-refractivity contribution < 1.29 is 4.74 Å². The highest BCUT2D eigenvalue weighted by Gasteiger charge is 2.23. The van der Waals surface area contributed by atoms with Crippen LogP contribution in [0.25, 0.3) is 5.69 Å². The Bertz CT molecular complexity index is 558. The highest BCUT2D eigenvalue weighted by molar-refractivity contribution is 5.46. The summed E-state index contributed by atoms with van der Waals surface area (Å²) in [6.45, 7) is 4.18. The first-order valence-corrected chi connectivity index (χ1v) is 6.17. The lowest BCUT2D eigenvalue weighted by molar-refractivity contribution is 0.414. The Morgan fingerprint density at radius 2 is 2.22 bits per heavy atom. The summed E-state index contributed by atoms with van der Waals surface area (Å²) >= 11 is 0. The fourth-order valence-electron chi connectivity index (χ4n) is 2.33. The van der Waals surface area contributed by atoms with Crippen molar-refractivity contribution >= 4 is 0 Å². The molecular weight excluding hydrogens is 226 g/mol. The minimum Gasteiger partial charge on any atom is -0.497 e. The van der Waals surface area contributed by atoms with Crippen LogP contribution in [0.2, 0.25) is 0 Å². The molecular formula is C14H17N3O. The highest BCUT2D eigenvalue weighted by Crippen LogP contribution is 2.26. The zero-order valence-corrected chi connectivity index (χ0v) is 10.7. The summed E-state index contributed by atoms with van der Waals surface area (Å²) < 4.78 is 7.42. The molecule has 0 bridgehead atoms. The minimum absolute atomic E-state index is 0.578. The number of aromatic nitrogens is 2. The first-order valence-electron chi connectivity index (χ1n) is 6.17. The minimum atomic E-state index is 0.578. The van der Waals surface area contributed by atoms with Gasteiger partial charge in [-0.1, -0.05) is 0 Å². The van der Waals surface area contributed by atoms with Crippen molar-refractivity contribution in [1.82, 2.24) is 14.9 Å². The molecule has 18 heavy (non-hydrogen) atoms. The first-order chi connectivity index (χ1) is 8.79. The summed E-state index contributed by atoms with van der Waals surface area (Å²) in [5.41, 5.74) is 3.65. The second-order valence-corrected chi connectivity index (χ2v) is 4.70. The van der Waals surface area contributed by atoms with E-state index in [4.69, 9.17) is 4.74 Å². The molecule has 1 aliphatic heterocycles. The Labute approximate surface area is 107 Å². The molecule has 0 amide bonds. The van der Waals surface area contributed by atoms with Gasteiger partial charge in [0.2, 0.25) is 0 Å². The monoisotopic (exact) mass is 243 g/mol. The van der Waals surface area contributed by atoms with E-state index in [-0.39, 0.29) is 0 Å². The van der Waals surface area contributed by atoms with Crippen molar-refractivity contribution in [2.75, 3.05) is 20.2 Å². The molecule has 4 nitrogen and oxygen atoms in total. The molecule has 1 aromatic heterocycles. The fourth-order valence-corrected chi connectivity index (χ4v) is 2.33. The number of rotatable bonds is 3. The van der Waals surface area contributed by atoms with Crippen molar-refractivity contribution in [2.45, 2.75) is 12.8 Å². The van der Waals surface area contributed by atoms with Gasteiger partial charge in [0.25, 0.3) is 0 Å². The fraction of sp³-hybridized carbons (Fsp3) is 0.357. The van der Waals surface area contributed by atoms with E-state index in [0.717, 1.165) is 18.8 Å². The van der Waals surface area contributed by atoms with E-state index in [1.165, 1.54) is 16.9 Å². The van der Waals surface area contributed by atoms with Gasteiger partial charge >= 0.3 is 0 Å². The van der Waals surface area contributed by atoms with Crippen molar-refractivity contribution in [3.8, 4) is 11.4 Å². The molecule has 2 aromatic rings. The standard InChI is InChI=1S/C14H17N3O/c1-10-5-12(18-2)3-4-13(10)17-9-16-8-14(17)11-6-15-7-11/h3-5,8-9,11,15H,6-7H2,1-2H3. The maximum atomic E-state index is 5.24. The number of methoxy groups -OCH3 is 1. The molecule has 0 saturated carbocycles. The van der Waals surface area contributed by atoms with Crippen LogP contribution in [0.15, 0.2) is 30.7 Å². The summed E-state index contributed by atoms with van der Waals surface area (Å²) in [5, 5.41) is 3.30. The zero-order chi connectivity index (χ0) is 12.5. The highest BCUT2D eigenvalue weighted by atomic mass is 16.5. The van der Waals surface area contributed by atoms with Gasteiger partial charge in [-0.3, -0.25) is 0 Å². The second-order valence-electron chi connectivity index (χ2n) is 4.70. The van der Waals surface area contributed by atoms with Crippen LogP contribution in [0, 0.1) is 6.92 Å². The largest absolute Gasteiger partial charge is 0.497 e. The molecule has 0 spiro atoms. The smallest absolute Gasteiger partial charge is 0.119 e. The van der Waals surface area contributed by atoms with E-state index in [0.29, 0.717) is 5.92 Å². The molecule has 4 heteroatoms. The van der Waals surface area contributed by atoms with Gasteiger partial charge in [0, 0.05) is 36.6 Å². The average molecular weight is 243 g/mol. The van der Waals surface area contributed by atoms with E-state index in [1.807, 2.05) is 18.6 Å². The SMILES string of the molecule is COc1ccc(-n2cncc2C2CNC2)c(C)c1. The van der Waals surface area contributed by atoms with Crippen molar-refractivity contribution in [1.29, 1.82) is 0 Å². The molecule has 0 atom stereocenters. The summed E-state index contributed by atoms with van der Waals surface area (Å²) in [4.78, 5) is 4.29. The predicted molar refractivity (Wildman–Crippen MR) is 70.5 cm³/mol. The van der Waals surface area contributed by atoms with Crippen LogP contribution in [-0.2, 0) is 0 Å². The number of benzene rings is 1. The first kappa shape index (κ1) is 11.3. The van der Waals surface area contributed by atoms with Gasteiger partial charge in [0.1, 0.15) is 5.75 Å². The molecule has 94 valence electrons. The molecule has 1 aliphatic rings. The molecule has 0 aliphatic carbocycles. The van der Waals surface area contributed by atoms with Crippen LogP contribution >= 0.6 is 0 Å². The Morgan fingerprint density at radius 3 is 2.83 bits per heavy atom. The van der Waals surface area contributed by atoms with Gasteiger partial charge in [0.05, 0.1) is 13.4 Å². The number of nitrogens with one attached hydrogen (secondary N) is 1. The molecule has 1 N–H and O–H groups in total. The normalized spacial score (nSPS) is 15.4. The van der Waals surface area contributed by atoms with Crippen LogP contribution in [0.3, 0.4) is 0 Å². The molecule has 1 aromatic carbocycles. The maximum absolute atomic E-state index is 5.24. The lowest BCUT2D eigenvalue weighted by Crippen LogP contribution is -2.40. The number of hydrogen-bond acceptors (Lipinski definition) is 3. The molecule has 1 fully saturated rings. The lowest BCUT2D eigenvalue weighted by Gasteiger charge is -2.28. The van der Waals surface area contributed by atoms with Gasteiger partial charge in [-0.05, 0) is 30.7 Å². The van der Waals surface area contributed by atoms with E-state index in [9.17, 15) is 0 Å². The van der Waals surface area contributed by atoms with Crippen LogP contribution in [0.1, 0.15) is 17.2 Å². The summed E-state index contributed by atoms with van der Waals surface area (Å²) in [6, 6.07) is 6.13. The van der Waals surface area contributed by atoms with Crippen molar-refractivity contribution in [3.63, 3.8) is 0 Å². The third-order valence-corrected chi connectivity index (χ3v) is 3.53. The number of nitrogens with zero attached hydrogens (tertiary/aromatic N) is 2. The molecule has 3 rings (SSSR count). The predicted octanol–water partition coefficient (Wildman–Crippen LogP) is 1.88. The van der Waals surface area contributed by atoms with Crippen LogP contribution in [0.4, 0.5) is 0 Å². The zero-order valence-electron chi connectivity index (χ0n) is 10.7. The quantitative estimate of drug-likeness (QED) is 0.894. The third kappa shape index (κ3) is 1.78. The van der Waals surface area contributed by atoms with Crippen molar-refractivity contribution in [2.24, 2.45) is 0 Å². The van der Waals surface area contributed by atoms with Gasteiger partial charge in [-0.25, -0.2) is 4.98 Å². The average Bonchev–Trinajstić information content (AvgIpc) is 2.75. The topological polar surface area (TPSA) is 39.1 Å². The van der Waals surface area contributed by atoms with Gasteiger partial charge in [-0.15, -0.1) is 0 Å². The Hall–Kier alpha value is -1.81. The number of hydrogen-bond donors (Lipinski definition) is 1. The second kappa shape index (κ2) is 4.46. The van der Waals surface area contributed by atoms with Gasteiger partial charge in [0.15, 0.2) is 0 Å². The molecule has 1 saturated heterocycles. The number of aryl methyl sites for hydroxylation is 1. The molecule has 0 unspecified atom stereocenters. The van der Waals surface area contributed by atoms with Gasteiger partial charge in [-0.2, -0.15) is 0 Å².